The van der Waals surface area contributed by atoms with Crippen LogP contribution in [0, 0.1) is 25.7 Å². The van der Waals surface area contributed by atoms with E-state index in [0.717, 1.165) is 16.7 Å². The predicted octanol–water partition coefficient (Wildman–Crippen LogP) is 1.36. The molecule has 4 atom stereocenters. The Morgan fingerprint density at radius 1 is 1.00 bits per heavy atom. The second kappa shape index (κ2) is 4.51. The van der Waals surface area contributed by atoms with Crippen molar-refractivity contribution in [3.63, 3.8) is 0 Å². The summed E-state index contributed by atoms with van der Waals surface area (Å²) in [5.74, 6) is 4.38. The number of benzene rings is 1. The number of ketones is 2. The molecule has 22 heavy (non-hydrogen) atoms. The van der Waals surface area contributed by atoms with Crippen LogP contribution in [0.2, 0.25) is 0 Å². The van der Waals surface area contributed by atoms with E-state index in [-0.39, 0.29) is 35.6 Å². The molecular formula is C17H17NO4. The van der Waals surface area contributed by atoms with Gasteiger partial charge in [0.05, 0.1) is 24.0 Å². The molecule has 0 radical (unpaired) electrons. The highest BCUT2D eigenvalue weighted by Gasteiger charge is 2.61. The largest absolute Gasteiger partial charge is 0.412 e. The van der Waals surface area contributed by atoms with E-state index in [2.05, 4.69) is 0 Å². The van der Waals surface area contributed by atoms with Crippen LogP contribution in [0.25, 0.3) is 0 Å². The van der Waals surface area contributed by atoms with Crippen LogP contribution >= 0.6 is 0 Å². The third kappa shape index (κ3) is 1.61. The quantitative estimate of drug-likeness (QED) is 0.507. The summed E-state index contributed by atoms with van der Waals surface area (Å²) in [6, 6.07) is 3.53. The first-order valence-electron chi connectivity index (χ1n) is 7.42. The zero-order valence-corrected chi connectivity index (χ0v) is 12.4. The van der Waals surface area contributed by atoms with Gasteiger partial charge in [-0.3, -0.25) is 9.59 Å². The summed E-state index contributed by atoms with van der Waals surface area (Å²) < 4.78 is 5.67. The molecule has 5 nitrogen and oxygen atoms in total. The van der Waals surface area contributed by atoms with Crippen molar-refractivity contribution in [3.8, 4) is 5.75 Å². The number of fused-ring (bicyclic) bond motifs is 5. The fourth-order valence-corrected chi connectivity index (χ4v) is 4.25. The minimum absolute atomic E-state index is 0.0144. The van der Waals surface area contributed by atoms with Crippen LogP contribution < -0.4 is 10.7 Å². The standard InChI is InChI=1S/C17H17NO4/c1-7-5-9(22-18)6-8(2)12(7)15-16(19)13-10-3-4-11(21-10)14(13)17(15)20/h3-6,10-11,13-15H,18H2,1-2H3. The number of hydrogen-bond donors (Lipinski definition) is 1. The van der Waals surface area contributed by atoms with Gasteiger partial charge in [0.2, 0.25) is 0 Å². The van der Waals surface area contributed by atoms with Gasteiger partial charge in [-0.1, -0.05) is 12.2 Å². The van der Waals surface area contributed by atoms with E-state index in [1.807, 2.05) is 26.0 Å². The van der Waals surface area contributed by atoms with Gasteiger partial charge in [-0.2, -0.15) is 5.90 Å². The monoisotopic (exact) mass is 299 g/mol. The summed E-state index contributed by atoms with van der Waals surface area (Å²) in [4.78, 5) is 30.5. The zero-order valence-electron chi connectivity index (χ0n) is 12.4. The minimum Gasteiger partial charge on any atom is -0.412 e. The van der Waals surface area contributed by atoms with Gasteiger partial charge in [-0.25, -0.2) is 0 Å². The first-order valence-corrected chi connectivity index (χ1v) is 7.42. The molecule has 0 spiro atoms. The molecule has 2 aliphatic heterocycles. The Labute approximate surface area is 128 Å². The summed E-state index contributed by atoms with van der Waals surface area (Å²) in [7, 11) is 0. The minimum atomic E-state index is -0.685. The van der Waals surface area contributed by atoms with Crippen molar-refractivity contribution < 1.29 is 19.2 Å². The molecule has 1 aliphatic carbocycles. The van der Waals surface area contributed by atoms with Crippen LogP contribution in [0.15, 0.2) is 24.3 Å². The van der Waals surface area contributed by atoms with Crippen LogP contribution in [0.1, 0.15) is 22.6 Å². The molecule has 114 valence electrons. The summed E-state index contributed by atoms with van der Waals surface area (Å²) in [5, 5.41) is 0. The molecule has 1 aromatic rings. The molecule has 2 fully saturated rings. The van der Waals surface area contributed by atoms with Gasteiger partial charge < -0.3 is 9.57 Å². The van der Waals surface area contributed by atoms with Gasteiger partial charge >= 0.3 is 0 Å². The first kappa shape index (κ1) is 13.7. The molecule has 2 bridgehead atoms. The zero-order chi connectivity index (χ0) is 15.6. The molecule has 4 unspecified atom stereocenters. The van der Waals surface area contributed by atoms with E-state index < -0.39 is 5.92 Å². The fourth-order valence-electron chi connectivity index (χ4n) is 4.25. The Hall–Kier alpha value is -1.98. The van der Waals surface area contributed by atoms with Crippen LogP contribution in [0.4, 0.5) is 0 Å². The molecule has 1 aromatic carbocycles. The van der Waals surface area contributed by atoms with Crippen molar-refractivity contribution in [2.24, 2.45) is 17.7 Å². The molecule has 1 saturated heterocycles. The van der Waals surface area contributed by atoms with Gasteiger partial charge in [0.1, 0.15) is 11.7 Å². The van der Waals surface area contributed by atoms with Gasteiger partial charge in [0.25, 0.3) is 0 Å². The summed E-state index contributed by atoms with van der Waals surface area (Å²) >= 11 is 0. The van der Waals surface area contributed by atoms with Crippen molar-refractivity contribution >= 4 is 11.6 Å². The van der Waals surface area contributed by atoms with Crippen LogP contribution in [0.3, 0.4) is 0 Å². The average Bonchev–Trinajstić information content (AvgIpc) is 3.15. The maximum Gasteiger partial charge on any atom is 0.154 e. The summed E-state index contributed by atoms with van der Waals surface area (Å²) in [6.45, 7) is 3.76. The Balaban J connectivity index is 1.79. The number of Topliss-reactive ketones (excluding diaryl/α,β-unsaturated/α-hetero) is 2. The molecule has 4 rings (SSSR count). The van der Waals surface area contributed by atoms with E-state index in [1.165, 1.54) is 0 Å². The molecule has 1 saturated carbocycles. The van der Waals surface area contributed by atoms with Gasteiger partial charge in [-0.15, -0.1) is 0 Å². The van der Waals surface area contributed by atoms with Crippen molar-refractivity contribution in [2.75, 3.05) is 0 Å². The topological polar surface area (TPSA) is 78.6 Å². The second-order valence-corrected chi connectivity index (χ2v) is 6.33. The first-order chi connectivity index (χ1) is 10.5. The van der Waals surface area contributed by atoms with Crippen molar-refractivity contribution in [1.82, 2.24) is 0 Å². The lowest BCUT2D eigenvalue weighted by atomic mass is 9.85. The number of hydrogen-bond acceptors (Lipinski definition) is 5. The van der Waals surface area contributed by atoms with Crippen LogP contribution in [0.5, 0.6) is 5.75 Å². The molecule has 0 aromatic heterocycles. The Morgan fingerprint density at radius 3 is 1.95 bits per heavy atom. The molecule has 3 aliphatic rings. The number of ether oxygens (including phenoxy) is 1. The average molecular weight is 299 g/mol. The highest BCUT2D eigenvalue weighted by molar-refractivity contribution is 6.17. The van der Waals surface area contributed by atoms with Crippen LogP contribution in [-0.4, -0.2) is 23.8 Å². The van der Waals surface area contributed by atoms with E-state index in [9.17, 15) is 9.59 Å². The highest BCUT2D eigenvalue weighted by Crippen LogP contribution is 2.50. The van der Waals surface area contributed by atoms with Gasteiger partial charge in [-0.05, 0) is 42.7 Å². The number of carbonyl (C=O) groups is 2. The number of nitrogens with two attached hydrogens (primary N) is 1. The Morgan fingerprint density at radius 2 is 1.50 bits per heavy atom. The van der Waals surface area contributed by atoms with E-state index in [0.29, 0.717) is 5.75 Å². The van der Waals surface area contributed by atoms with E-state index in [1.54, 1.807) is 12.1 Å². The molecule has 5 heteroatoms. The van der Waals surface area contributed by atoms with Crippen molar-refractivity contribution in [1.29, 1.82) is 0 Å². The number of carbonyl (C=O) groups excluding carboxylic acids is 2. The maximum atomic E-state index is 12.9. The summed E-state index contributed by atoms with van der Waals surface area (Å²) in [5.41, 5.74) is 2.51. The Kier molecular flexibility index (Phi) is 2.80. The lowest BCUT2D eigenvalue weighted by Crippen LogP contribution is -2.26. The molecular weight excluding hydrogens is 282 g/mol. The van der Waals surface area contributed by atoms with Gasteiger partial charge in [0, 0.05) is 0 Å². The second-order valence-electron chi connectivity index (χ2n) is 6.33. The van der Waals surface area contributed by atoms with Crippen molar-refractivity contribution in [3.05, 3.63) is 41.0 Å². The third-order valence-corrected chi connectivity index (χ3v) is 5.12. The highest BCUT2D eigenvalue weighted by atomic mass is 16.6. The van der Waals surface area contributed by atoms with E-state index >= 15 is 0 Å². The Bertz CT molecular complexity index is 670. The van der Waals surface area contributed by atoms with Crippen LogP contribution in [-0.2, 0) is 14.3 Å². The summed E-state index contributed by atoms with van der Waals surface area (Å²) in [6.07, 6.45) is 3.35. The maximum absolute atomic E-state index is 12.9. The predicted molar refractivity (Wildman–Crippen MR) is 78.3 cm³/mol. The fraction of sp³-hybridized carbons (Fsp3) is 0.412. The lowest BCUT2D eigenvalue weighted by Gasteiger charge is -2.18. The smallest absolute Gasteiger partial charge is 0.154 e. The number of aryl methyl sites for hydroxylation is 2. The SMILES string of the molecule is Cc1cc(ON)cc(C)c1C1C(=O)C2C3C=CC(O3)C2C1=O. The number of rotatable bonds is 2. The lowest BCUT2D eigenvalue weighted by molar-refractivity contribution is -0.127. The van der Waals surface area contributed by atoms with Gasteiger partial charge in [0.15, 0.2) is 11.6 Å². The van der Waals surface area contributed by atoms with Crippen molar-refractivity contribution in [2.45, 2.75) is 32.0 Å². The van der Waals surface area contributed by atoms with E-state index in [4.69, 9.17) is 15.5 Å². The molecule has 2 heterocycles. The normalized spacial score (nSPS) is 35.3. The molecule has 2 N–H and O–H groups in total. The molecule has 0 amide bonds. The third-order valence-electron chi connectivity index (χ3n) is 5.12.